The third kappa shape index (κ3) is 3.06. The van der Waals surface area contributed by atoms with Crippen LogP contribution in [0.25, 0.3) is 0 Å². The summed E-state index contributed by atoms with van der Waals surface area (Å²) >= 11 is 0. The molecular formula is C15H29N3. The number of hydrogen-bond acceptors (Lipinski definition) is 3. The van der Waals surface area contributed by atoms with Crippen LogP contribution in [0.1, 0.15) is 39.0 Å². The molecule has 0 aromatic heterocycles. The van der Waals surface area contributed by atoms with Crippen LogP contribution in [-0.2, 0) is 0 Å². The van der Waals surface area contributed by atoms with Gasteiger partial charge in [-0.15, -0.1) is 0 Å². The van der Waals surface area contributed by atoms with Crippen molar-refractivity contribution >= 4 is 0 Å². The molecular weight excluding hydrogens is 222 g/mol. The highest BCUT2D eigenvalue weighted by atomic mass is 15.2. The van der Waals surface area contributed by atoms with E-state index in [4.69, 9.17) is 0 Å². The van der Waals surface area contributed by atoms with E-state index in [-0.39, 0.29) is 0 Å². The molecule has 18 heavy (non-hydrogen) atoms. The Morgan fingerprint density at radius 1 is 1.06 bits per heavy atom. The lowest BCUT2D eigenvalue weighted by atomic mass is 10.00. The lowest BCUT2D eigenvalue weighted by Gasteiger charge is -2.42. The van der Waals surface area contributed by atoms with Gasteiger partial charge in [-0.2, -0.15) is 0 Å². The van der Waals surface area contributed by atoms with E-state index in [1.807, 2.05) is 0 Å². The van der Waals surface area contributed by atoms with Crippen LogP contribution in [0.5, 0.6) is 0 Å². The van der Waals surface area contributed by atoms with Crippen molar-refractivity contribution in [2.45, 2.75) is 51.1 Å². The summed E-state index contributed by atoms with van der Waals surface area (Å²) in [5.41, 5.74) is 0. The first-order chi connectivity index (χ1) is 8.86. The van der Waals surface area contributed by atoms with E-state index in [0.717, 1.165) is 18.0 Å². The van der Waals surface area contributed by atoms with Gasteiger partial charge < -0.3 is 10.2 Å². The molecule has 0 radical (unpaired) electrons. The number of rotatable bonds is 4. The fraction of sp³-hybridized carbons (Fsp3) is 1.00. The van der Waals surface area contributed by atoms with E-state index < -0.39 is 0 Å². The molecule has 1 N–H and O–H groups in total. The Hall–Kier alpha value is -0.120. The molecule has 3 heteroatoms. The van der Waals surface area contributed by atoms with Crippen LogP contribution in [0.15, 0.2) is 0 Å². The summed E-state index contributed by atoms with van der Waals surface area (Å²) in [6.07, 6.45) is 7.05. The van der Waals surface area contributed by atoms with Gasteiger partial charge in [-0.05, 0) is 57.7 Å². The van der Waals surface area contributed by atoms with Gasteiger partial charge in [-0.3, -0.25) is 4.90 Å². The molecule has 0 spiro atoms. The van der Waals surface area contributed by atoms with Gasteiger partial charge in [0.1, 0.15) is 0 Å². The lowest BCUT2D eigenvalue weighted by Crippen LogP contribution is -2.56. The van der Waals surface area contributed by atoms with Crippen molar-refractivity contribution in [2.24, 2.45) is 5.92 Å². The lowest BCUT2D eigenvalue weighted by molar-refractivity contribution is 0.0797. The molecule has 1 atom stereocenters. The third-order valence-corrected chi connectivity index (χ3v) is 5.04. The highest BCUT2D eigenvalue weighted by Gasteiger charge is 2.36. The Bertz CT molecular complexity index is 256. The SMILES string of the molecule is CCCN1CCC(N2CCNC(C3CC3)C2)CC1. The molecule has 2 saturated heterocycles. The average Bonchev–Trinajstić information content (AvgIpc) is 3.25. The maximum Gasteiger partial charge on any atom is 0.0223 e. The molecule has 0 aromatic carbocycles. The summed E-state index contributed by atoms with van der Waals surface area (Å²) < 4.78 is 0. The Morgan fingerprint density at radius 3 is 2.50 bits per heavy atom. The van der Waals surface area contributed by atoms with Gasteiger partial charge in [0.15, 0.2) is 0 Å². The number of nitrogens with zero attached hydrogens (tertiary/aromatic N) is 2. The van der Waals surface area contributed by atoms with E-state index in [1.54, 1.807) is 0 Å². The quantitative estimate of drug-likeness (QED) is 0.818. The number of piperazine rings is 1. The average molecular weight is 251 g/mol. The first-order valence-corrected chi connectivity index (χ1v) is 8.06. The Labute approximate surface area is 112 Å². The van der Waals surface area contributed by atoms with Crippen LogP contribution < -0.4 is 5.32 Å². The predicted molar refractivity (Wildman–Crippen MR) is 75.8 cm³/mol. The molecule has 3 fully saturated rings. The zero-order valence-electron chi connectivity index (χ0n) is 11.9. The topological polar surface area (TPSA) is 18.5 Å². The minimum atomic E-state index is 0.812. The van der Waals surface area contributed by atoms with E-state index in [9.17, 15) is 0 Å². The van der Waals surface area contributed by atoms with Crippen LogP contribution in [-0.4, -0.2) is 61.2 Å². The smallest absolute Gasteiger partial charge is 0.0223 e. The Balaban J connectivity index is 1.46. The molecule has 1 aliphatic carbocycles. The third-order valence-electron chi connectivity index (χ3n) is 5.04. The summed E-state index contributed by atoms with van der Waals surface area (Å²) in [5, 5.41) is 3.73. The fourth-order valence-electron chi connectivity index (χ4n) is 3.77. The number of piperidine rings is 1. The summed E-state index contributed by atoms with van der Waals surface area (Å²) in [6, 6.07) is 1.69. The second kappa shape index (κ2) is 5.89. The minimum absolute atomic E-state index is 0.812. The molecule has 2 aliphatic heterocycles. The molecule has 2 heterocycles. The molecule has 3 nitrogen and oxygen atoms in total. The normalized spacial score (nSPS) is 32.8. The van der Waals surface area contributed by atoms with E-state index >= 15 is 0 Å². The van der Waals surface area contributed by atoms with Crippen molar-refractivity contribution in [3.8, 4) is 0 Å². The zero-order valence-corrected chi connectivity index (χ0v) is 11.9. The van der Waals surface area contributed by atoms with Crippen LogP contribution >= 0.6 is 0 Å². The summed E-state index contributed by atoms with van der Waals surface area (Å²) in [6.45, 7) is 10.1. The molecule has 3 rings (SSSR count). The monoisotopic (exact) mass is 251 g/mol. The zero-order chi connectivity index (χ0) is 12.4. The summed E-state index contributed by atoms with van der Waals surface area (Å²) in [4.78, 5) is 5.44. The van der Waals surface area contributed by atoms with Gasteiger partial charge in [-0.1, -0.05) is 6.92 Å². The number of hydrogen-bond donors (Lipinski definition) is 1. The molecule has 0 amide bonds. The van der Waals surface area contributed by atoms with Crippen LogP contribution in [0.3, 0.4) is 0 Å². The van der Waals surface area contributed by atoms with Gasteiger partial charge in [0.2, 0.25) is 0 Å². The van der Waals surface area contributed by atoms with Crippen LogP contribution in [0.2, 0.25) is 0 Å². The minimum Gasteiger partial charge on any atom is -0.311 e. The maximum atomic E-state index is 3.73. The summed E-state index contributed by atoms with van der Waals surface area (Å²) in [5.74, 6) is 1.01. The highest BCUT2D eigenvalue weighted by Crippen LogP contribution is 2.34. The predicted octanol–water partition coefficient (Wildman–Crippen LogP) is 1.54. The van der Waals surface area contributed by atoms with Gasteiger partial charge in [0.25, 0.3) is 0 Å². The first-order valence-electron chi connectivity index (χ1n) is 8.06. The van der Waals surface area contributed by atoms with E-state index in [0.29, 0.717) is 0 Å². The molecule has 1 saturated carbocycles. The molecule has 0 bridgehead atoms. The van der Waals surface area contributed by atoms with Crippen molar-refractivity contribution < 1.29 is 0 Å². The van der Waals surface area contributed by atoms with E-state index in [2.05, 4.69) is 22.0 Å². The second-order valence-electron chi connectivity index (χ2n) is 6.47. The van der Waals surface area contributed by atoms with Gasteiger partial charge in [0, 0.05) is 31.7 Å². The molecule has 3 aliphatic rings. The van der Waals surface area contributed by atoms with Crippen molar-refractivity contribution in [1.29, 1.82) is 0 Å². The van der Waals surface area contributed by atoms with Crippen LogP contribution in [0, 0.1) is 5.92 Å². The summed E-state index contributed by atoms with van der Waals surface area (Å²) in [7, 11) is 0. The molecule has 1 unspecified atom stereocenters. The Morgan fingerprint density at radius 2 is 1.83 bits per heavy atom. The fourth-order valence-corrected chi connectivity index (χ4v) is 3.77. The molecule has 104 valence electrons. The van der Waals surface area contributed by atoms with E-state index in [1.165, 1.54) is 71.4 Å². The number of likely N-dealkylation sites (tertiary alicyclic amines) is 1. The second-order valence-corrected chi connectivity index (χ2v) is 6.47. The van der Waals surface area contributed by atoms with Crippen LogP contribution in [0.4, 0.5) is 0 Å². The van der Waals surface area contributed by atoms with Crippen molar-refractivity contribution in [2.75, 3.05) is 39.3 Å². The van der Waals surface area contributed by atoms with Crippen molar-refractivity contribution in [3.05, 3.63) is 0 Å². The largest absolute Gasteiger partial charge is 0.311 e. The Kier molecular flexibility index (Phi) is 4.22. The van der Waals surface area contributed by atoms with Gasteiger partial charge in [0.05, 0.1) is 0 Å². The van der Waals surface area contributed by atoms with Crippen molar-refractivity contribution in [1.82, 2.24) is 15.1 Å². The van der Waals surface area contributed by atoms with Gasteiger partial charge in [-0.25, -0.2) is 0 Å². The number of nitrogens with one attached hydrogen (secondary N) is 1. The van der Waals surface area contributed by atoms with Crippen molar-refractivity contribution in [3.63, 3.8) is 0 Å². The maximum absolute atomic E-state index is 3.73. The molecule has 0 aromatic rings. The standard InChI is InChI=1S/C15H29N3/c1-2-8-17-9-5-14(6-10-17)18-11-7-16-15(12-18)13-3-4-13/h13-16H,2-12H2,1H3. The highest BCUT2D eigenvalue weighted by molar-refractivity contribution is 4.93. The first kappa shape index (κ1) is 12.9. The van der Waals surface area contributed by atoms with Gasteiger partial charge >= 0.3 is 0 Å².